The van der Waals surface area contributed by atoms with Gasteiger partial charge in [-0.3, -0.25) is 14.5 Å². The fourth-order valence-electron chi connectivity index (χ4n) is 3.60. The molecule has 0 saturated heterocycles. The second kappa shape index (κ2) is 6.39. The van der Waals surface area contributed by atoms with Gasteiger partial charge in [0.1, 0.15) is 11.4 Å². The van der Waals surface area contributed by atoms with Crippen molar-refractivity contribution in [1.29, 1.82) is 0 Å². The third-order valence-electron chi connectivity index (χ3n) is 4.94. The molecule has 0 atom stereocenters. The van der Waals surface area contributed by atoms with E-state index < -0.39 is 0 Å². The maximum absolute atomic E-state index is 13.3. The summed E-state index contributed by atoms with van der Waals surface area (Å²) in [5.41, 5.74) is 3.46. The van der Waals surface area contributed by atoms with E-state index in [4.69, 9.17) is 4.74 Å². The molecule has 2 aliphatic heterocycles. The molecule has 2 aliphatic rings. The second-order valence-electron chi connectivity index (χ2n) is 6.59. The fourth-order valence-corrected chi connectivity index (χ4v) is 3.60. The van der Waals surface area contributed by atoms with Gasteiger partial charge in [0.25, 0.3) is 5.91 Å². The first-order chi connectivity index (χ1) is 13.7. The Hall–Kier alpha value is -3.86. The van der Waals surface area contributed by atoms with Crippen molar-refractivity contribution in [3.8, 4) is 5.75 Å². The van der Waals surface area contributed by atoms with E-state index in [-0.39, 0.29) is 18.4 Å². The summed E-state index contributed by atoms with van der Waals surface area (Å²) in [6.07, 6.45) is 0. The number of carbonyl (C=O) groups excluding carboxylic acids is 2. The van der Waals surface area contributed by atoms with E-state index in [1.54, 1.807) is 11.0 Å². The van der Waals surface area contributed by atoms with E-state index in [0.717, 1.165) is 16.9 Å². The van der Waals surface area contributed by atoms with Crippen LogP contribution in [-0.4, -0.2) is 18.4 Å². The Labute approximate surface area is 161 Å². The summed E-state index contributed by atoms with van der Waals surface area (Å²) in [5, 5.41) is 3.13. The van der Waals surface area contributed by atoms with Crippen LogP contribution in [0.15, 0.2) is 84.6 Å². The van der Waals surface area contributed by atoms with Crippen LogP contribution >= 0.6 is 0 Å². The van der Waals surface area contributed by atoms with Crippen molar-refractivity contribution in [2.45, 2.75) is 0 Å². The molecule has 0 fully saturated rings. The van der Waals surface area contributed by atoms with Crippen molar-refractivity contribution >= 4 is 28.6 Å². The molecule has 0 radical (unpaired) electrons. The number of para-hydroxylation sites is 3. The Morgan fingerprint density at radius 1 is 0.786 bits per heavy atom. The van der Waals surface area contributed by atoms with Crippen molar-refractivity contribution in [3.63, 3.8) is 0 Å². The minimum atomic E-state index is -0.249. The number of nitrogens with one attached hydrogen (secondary N) is 1. The van der Waals surface area contributed by atoms with E-state index >= 15 is 0 Å². The van der Waals surface area contributed by atoms with Gasteiger partial charge in [-0.05, 0) is 30.3 Å². The molecule has 0 unspecified atom stereocenters. The first kappa shape index (κ1) is 16.3. The number of hydrogen-bond donors (Lipinski definition) is 1. The summed E-state index contributed by atoms with van der Waals surface area (Å²) in [6, 6.07) is 24.1. The van der Waals surface area contributed by atoms with E-state index in [9.17, 15) is 9.59 Å². The van der Waals surface area contributed by atoms with Crippen LogP contribution in [0.1, 0.15) is 15.9 Å². The third kappa shape index (κ3) is 2.48. The molecule has 28 heavy (non-hydrogen) atoms. The third-order valence-corrected chi connectivity index (χ3v) is 4.94. The maximum Gasteiger partial charge on any atom is 0.263 e. The smallest absolute Gasteiger partial charge is 0.263 e. The topological polar surface area (TPSA) is 58.6 Å². The molecule has 2 heterocycles. The normalized spacial score (nSPS) is 17.4. The van der Waals surface area contributed by atoms with Crippen molar-refractivity contribution in [2.75, 3.05) is 16.9 Å². The molecule has 0 saturated carbocycles. The molecule has 5 nitrogen and oxygen atoms in total. The van der Waals surface area contributed by atoms with E-state index in [1.807, 2.05) is 72.8 Å². The molecule has 1 N–H and O–H groups in total. The molecule has 1 amide bonds. The summed E-state index contributed by atoms with van der Waals surface area (Å²) in [7, 11) is 0. The zero-order valence-electron chi connectivity index (χ0n) is 14.9. The highest BCUT2D eigenvalue weighted by atomic mass is 16.5. The van der Waals surface area contributed by atoms with Gasteiger partial charge in [0, 0.05) is 16.8 Å². The average Bonchev–Trinajstić information content (AvgIpc) is 3.21. The number of Topliss-reactive ketones (excluding diaryl/α,β-unsaturated/α-hetero) is 1. The number of carbonyl (C=O) groups is 2. The molecule has 5 heteroatoms. The van der Waals surface area contributed by atoms with E-state index in [0.29, 0.717) is 22.6 Å². The van der Waals surface area contributed by atoms with Gasteiger partial charge >= 0.3 is 0 Å². The Kier molecular flexibility index (Phi) is 3.72. The Morgan fingerprint density at radius 3 is 2.25 bits per heavy atom. The fraction of sp³-hybridized carbons (Fsp3) is 0.0435. The summed E-state index contributed by atoms with van der Waals surface area (Å²) < 4.78 is 5.79. The minimum Gasteiger partial charge on any atom is -0.473 e. The number of anilines is 2. The van der Waals surface area contributed by atoms with Crippen molar-refractivity contribution in [2.24, 2.45) is 0 Å². The second-order valence-corrected chi connectivity index (χ2v) is 6.59. The SMILES string of the molecule is O=C1/C(=C2/C(=O)N(COc3ccccc3)c3ccccc32)Nc2ccccc21. The molecule has 0 aromatic heterocycles. The number of rotatable bonds is 3. The van der Waals surface area contributed by atoms with E-state index in [1.165, 1.54) is 0 Å². The van der Waals surface area contributed by atoms with Crippen molar-refractivity contribution in [3.05, 3.63) is 95.7 Å². The lowest BCUT2D eigenvalue weighted by Crippen LogP contribution is -2.31. The summed E-state index contributed by atoms with van der Waals surface area (Å²) >= 11 is 0. The largest absolute Gasteiger partial charge is 0.473 e. The lowest BCUT2D eigenvalue weighted by molar-refractivity contribution is -0.113. The lowest BCUT2D eigenvalue weighted by atomic mass is 10.0. The molecule has 0 spiro atoms. The standard InChI is InChI=1S/C23H16N2O3/c26-22-16-10-4-6-12-18(16)24-21(22)20-17-11-5-7-13-19(17)25(23(20)27)14-28-15-8-2-1-3-9-15/h1-13,24H,14H2/b21-20-. The van der Waals surface area contributed by atoms with Crippen LogP contribution in [0.2, 0.25) is 0 Å². The van der Waals surface area contributed by atoms with Crippen LogP contribution in [0.4, 0.5) is 11.4 Å². The van der Waals surface area contributed by atoms with Gasteiger partial charge in [0.15, 0.2) is 6.73 Å². The Balaban J connectivity index is 1.54. The molecule has 5 rings (SSSR count). The number of nitrogens with zero attached hydrogens (tertiary/aromatic N) is 1. The number of amides is 1. The average molecular weight is 368 g/mol. The van der Waals surface area contributed by atoms with Gasteiger partial charge in [-0.2, -0.15) is 0 Å². The number of allylic oxidation sites excluding steroid dienone is 1. The zero-order valence-corrected chi connectivity index (χ0v) is 14.9. The van der Waals surface area contributed by atoms with Gasteiger partial charge in [-0.15, -0.1) is 0 Å². The van der Waals surface area contributed by atoms with Crippen LogP contribution in [0, 0.1) is 0 Å². The monoisotopic (exact) mass is 368 g/mol. The quantitative estimate of drug-likeness (QED) is 0.708. The summed E-state index contributed by atoms with van der Waals surface area (Å²) in [5.74, 6) is 0.261. The van der Waals surface area contributed by atoms with Gasteiger partial charge in [-0.25, -0.2) is 0 Å². The number of hydrogen-bond acceptors (Lipinski definition) is 4. The minimum absolute atomic E-state index is 0.0672. The first-order valence-corrected chi connectivity index (χ1v) is 8.98. The molecule has 136 valence electrons. The van der Waals surface area contributed by atoms with Crippen LogP contribution in [0.25, 0.3) is 5.57 Å². The van der Waals surface area contributed by atoms with Gasteiger partial charge in [-0.1, -0.05) is 48.5 Å². The highest BCUT2D eigenvalue weighted by Gasteiger charge is 2.39. The predicted molar refractivity (Wildman–Crippen MR) is 107 cm³/mol. The maximum atomic E-state index is 13.3. The number of ether oxygens (including phenoxy) is 1. The van der Waals surface area contributed by atoms with Crippen LogP contribution in [0.5, 0.6) is 5.75 Å². The van der Waals surface area contributed by atoms with Gasteiger partial charge in [0.2, 0.25) is 5.78 Å². The summed E-state index contributed by atoms with van der Waals surface area (Å²) in [6.45, 7) is 0.0672. The number of ketones is 1. The molecular formula is C23H16N2O3. The number of fused-ring (bicyclic) bond motifs is 2. The highest BCUT2D eigenvalue weighted by Crippen LogP contribution is 2.41. The van der Waals surface area contributed by atoms with Crippen LogP contribution in [0.3, 0.4) is 0 Å². The first-order valence-electron chi connectivity index (χ1n) is 8.98. The van der Waals surface area contributed by atoms with Crippen LogP contribution < -0.4 is 15.0 Å². The van der Waals surface area contributed by atoms with Gasteiger partial charge in [0.05, 0.1) is 11.3 Å². The molecule has 3 aromatic carbocycles. The van der Waals surface area contributed by atoms with E-state index in [2.05, 4.69) is 5.32 Å². The Morgan fingerprint density at radius 2 is 1.46 bits per heavy atom. The summed E-state index contributed by atoms with van der Waals surface area (Å²) in [4.78, 5) is 27.7. The number of benzene rings is 3. The predicted octanol–water partition coefficient (Wildman–Crippen LogP) is 4.09. The molecule has 3 aromatic rings. The molecular weight excluding hydrogens is 352 g/mol. The Bertz CT molecular complexity index is 1140. The van der Waals surface area contributed by atoms with Gasteiger partial charge < -0.3 is 10.1 Å². The van der Waals surface area contributed by atoms with Crippen LogP contribution in [-0.2, 0) is 4.79 Å². The zero-order chi connectivity index (χ0) is 19.1. The molecule has 0 bridgehead atoms. The van der Waals surface area contributed by atoms with Crippen molar-refractivity contribution < 1.29 is 14.3 Å². The molecule has 0 aliphatic carbocycles. The highest BCUT2D eigenvalue weighted by molar-refractivity contribution is 6.39. The van der Waals surface area contributed by atoms with Crippen molar-refractivity contribution in [1.82, 2.24) is 0 Å². The lowest BCUT2D eigenvalue weighted by Gasteiger charge is -2.17.